The van der Waals surface area contributed by atoms with E-state index in [4.69, 9.17) is 9.47 Å². The first-order valence-electron chi connectivity index (χ1n) is 8.25. The SMILES string of the molecule is COc1cc(Br)c(/C=C2\SC(=O)N(Cc3ccccc3[N+](=O)[O-])C2=O)cc1OC. The van der Waals surface area contributed by atoms with Crippen molar-refractivity contribution in [2.24, 2.45) is 0 Å². The van der Waals surface area contributed by atoms with Crippen LogP contribution in [0.5, 0.6) is 11.5 Å². The van der Waals surface area contributed by atoms with E-state index >= 15 is 0 Å². The van der Waals surface area contributed by atoms with Crippen LogP contribution in [0.3, 0.4) is 0 Å². The summed E-state index contributed by atoms with van der Waals surface area (Å²) in [7, 11) is 3.01. The zero-order valence-electron chi connectivity index (χ0n) is 15.4. The molecule has 8 nitrogen and oxygen atoms in total. The van der Waals surface area contributed by atoms with Crippen molar-refractivity contribution in [2.45, 2.75) is 6.54 Å². The molecule has 0 radical (unpaired) electrons. The predicted octanol–water partition coefficient (Wildman–Crippen LogP) is 4.61. The highest BCUT2D eigenvalue weighted by Crippen LogP contribution is 2.38. The van der Waals surface area contributed by atoms with E-state index in [9.17, 15) is 19.7 Å². The lowest BCUT2D eigenvalue weighted by atomic mass is 10.1. The molecule has 0 spiro atoms. The third-order valence-corrected chi connectivity index (χ3v) is 5.77. The normalized spacial score (nSPS) is 15.1. The molecule has 0 saturated carbocycles. The summed E-state index contributed by atoms with van der Waals surface area (Å²) in [6, 6.07) is 9.39. The van der Waals surface area contributed by atoms with Gasteiger partial charge in [-0.2, -0.15) is 0 Å². The van der Waals surface area contributed by atoms with Gasteiger partial charge in [0.15, 0.2) is 11.5 Å². The number of amides is 2. The molecule has 3 rings (SSSR count). The molecule has 2 aromatic rings. The van der Waals surface area contributed by atoms with Crippen molar-refractivity contribution < 1.29 is 24.0 Å². The Balaban J connectivity index is 1.91. The number of hydrogen-bond donors (Lipinski definition) is 0. The number of rotatable bonds is 6. The standard InChI is InChI=1S/C19H15BrN2O6S/c1-27-15-7-12(13(20)9-16(15)28-2)8-17-18(23)21(19(24)29-17)10-11-5-3-4-6-14(11)22(25)26/h3-9H,10H2,1-2H3/b17-8-. The van der Waals surface area contributed by atoms with Gasteiger partial charge < -0.3 is 9.47 Å². The van der Waals surface area contributed by atoms with Crippen LogP contribution in [0.2, 0.25) is 0 Å². The van der Waals surface area contributed by atoms with Crippen LogP contribution in [-0.4, -0.2) is 35.2 Å². The maximum atomic E-state index is 12.8. The van der Waals surface area contributed by atoms with Crippen LogP contribution in [0, 0.1) is 10.1 Å². The summed E-state index contributed by atoms with van der Waals surface area (Å²) in [6.07, 6.45) is 1.57. The van der Waals surface area contributed by atoms with Gasteiger partial charge in [0.25, 0.3) is 16.8 Å². The fourth-order valence-electron chi connectivity index (χ4n) is 2.75. The number of carbonyl (C=O) groups excluding carboxylic acids is 2. The number of halogens is 1. The van der Waals surface area contributed by atoms with Gasteiger partial charge >= 0.3 is 0 Å². The Bertz CT molecular complexity index is 1040. The summed E-state index contributed by atoms with van der Waals surface area (Å²) in [4.78, 5) is 37.0. The molecule has 2 aromatic carbocycles. The molecule has 0 atom stereocenters. The summed E-state index contributed by atoms with van der Waals surface area (Å²) >= 11 is 4.19. The van der Waals surface area contributed by atoms with Crippen LogP contribution in [0.1, 0.15) is 11.1 Å². The highest BCUT2D eigenvalue weighted by atomic mass is 79.9. The van der Waals surface area contributed by atoms with Crippen molar-refractivity contribution in [1.29, 1.82) is 0 Å². The van der Waals surface area contributed by atoms with Gasteiger partial charge in [-0.05, 0) is 35.5 Å². The van der Waals surface area contributed by atoms with E-state index in [0.717, 1.165) is 16.7 Å². The molecule has 10 heteroatoms. The van der Waals surface area contributed by atoms with Crippen LogP contribution >= 0.6 is 27.7 Å². The molecule has 1 fully saturated rings. The second kappa shape index (κ2) is 8.66. The average molecular weight is 479 g/mol. The molecule has 0 bridgehead atoms. The highest BCUT2D eigenvalue weighted by molar-refractivity contribution is 9.10. The van der Waals surface area contributed by atoms with E-state index in [1.165, 1.54) is 32.4 Å². The molecule has 0 aliphatic carbocycles. The Kier molecular flexibility index (Phi) is 6.23. The largest absolute Gasteiger partial charge is 0.493 e. The lowest BCUT2D eigenvalue weighted by Crippen LogP contribution is -2.27. The number of nitro groups is 1. The molecule has 1 aliphatic rings. The monoisotopic (exact) mass is 478 g/mol. The van der Waals surface area contributed by atoms with Gasteiger partial charge in [-0.1, -0.05) is 34.1 Å². The first-order chi connectivity index (χ1) is 13.8. The number of thioether (sulfide) groups is 1. The molecule has 150 valence electrons. The van der Waals surface area contributed by atoms with Gasteiger partial charge in [0.05, 0.1) is 30.6 Å². The van der Waals surface area contributed by atoms with Gasteiger partial charge in [-0.3, -0.25) is 24.6 Å². The quantitative estimate of drug-likeness (QED) is 0.339. The number of para-hydroxylation sites is 1. The minimum Gasteiger partial charge on any atom is -0.493 e. The molecular formula is C19H15BrN2O6S. The Morgan fingerprint density at radius 2 is 1.83 bits per heavy atom. The second-order valence-corrected chi connectivity index (χ2v) is 7.73. The van der Waals surface area contributed by atoms with Crippen molar-refractivity contribution in [3.63, 3.8) is 0 Å². The third-order valence-electron chi connectivity index (χ3n) is 4.18. The molecule has 1 saturated heterocycles. The van der Waals surface area contributed by atoms with E-state index in [-0.39, 0.29) is 22.7 Å². The Hall–Kier alpha value is -2.85. The molecule has 1 aliphatic heterocycles. The van der Waals surface area contributed by atoms with Crippen molar-refractivity contribution in [1.82, 2.24) is 4.90 Å². The van der Waals surface area contributed by atoms with Gasteiger partial charge in [0, 0.05) is 16.1 Å². The Morgan fingerprint density at radius 3 is 2.48 bits per heavy atom. The van der Waals surface area contributed by atoms with Crippen molar-refractivity contribution >= 4 is 50.6 Å². The Labute approximate surface area is 178 Å². The molecule has 2 amide bonds. The molecule has 0 aromatic heterocycles. The van der Waals surface area contributed by atoms with Crippen molar-refractivity contribution in [2.75, 3.05) is 14.2 Å². The molecule has 0 N–H and O–H groups in total. The van der Waals surface area contributed by atoms with Gasteiger partial charge in [0.2, 0.25) is 0 Å². The first kappa shape index (κ1) is 20.9. The fourth-order valence-corrected chi connectivity index (χ4v) is 4.02. The van der Waals surface area contributed by atoms with E-state index in [2.05, 4.69) is 15.9 Å². The molecule has 29 heavy (non-hydrogen) atoms. The summed E-state index contributed by atoms with van der Waals surface area (Å²) in [5, 5.41) is 10.7. The number of nitrogens with zero attached hydrogens (tertiary/aromatic N) is 2. The maximum Gasteiger partial charge on any atom is 0.293 e. The van der Waals surface area contributed by atoms with E-state index in [1.54, 1.807) is 24.3 Å². The number of hydrogen-bond acceptors (Lipinski definition) is 7. The minimum atomic E-state index is -0.537. The van der Waals surface area contributed by atoms with Crippen LogP contribution in [0.4, 0.5) is 10.5 Å². The van der Waals surface area contributed by atoms with Crippen molar-refractivity contribution in [3.05, 3.63) is 67.0 Å². The first-order valence-corrected chi connectivity index (χ1v) is 9.85. The lowest BCUT2D eigenvalue weighted by Gasteiger charge is -2.12. The smallest absolute Gasteiger partial charge is 0.293 e. The third kappa shape index (κ3) is 4.28. The van der Waals surface area contributed by atoms with Gasteiger partial charge in [-0.15, -0.1) is 0 Å². The zero-order chi connectivity index (χ0) is 21.1. The highest BCUT2D eigenvalue weighted by Gasteiger charge is 2.36. The number of nitro benzene ring substituents is 1. The zero-order valence-corrected chi connectivity index (χ0v) is 17.8. The summed E-state index contributed by atoms with van der Waals surface area (Å²) in [5.41, 5.74) is 0.769. The van der Waals surface area contributed by atoms with Crippen LogP contribution < -0.4 is 9.47 Å². The van der Waals surface area contributed by atoms with Gasteiger partial charge in [-0.25, -0.2) is 0 Å². The molecule has 1 heterocycles. The predicted molar refractivity (Wildman–Crippen MR) is 112 cm³/mol. The van der Waals surface area contributed by atoms with Crippen LogP contribution in [0.15, 0.2) is 45.8 Å². The molecule has 0 unspecified atom stereocenters. The van der Waals surface area contributed by atoms with E-state index < -0.39 is 16.1 Å². The summed E-state index contributed by atoms with van der Waals surface area (Å²) < 4.78 is 11.2. The fraction of sp³-hybridized carbons (Fsp3) is 0.158. The number of imide groups is 1. The maximum absolute atomic E-state index is 12.8. The number of methoxy groups -OCH3 is 2. The second-order valence-electron chi connectivity index (χ2n) is 5.88. The van der Waals surface area contributed by atoms with Gasteiger partial charge in [0.1, 0.15) is 0 Å². The minimum absolute atomic E-state index is 0.141. The summed E-state index contributed by atoms with van der Waals surface area (Å²) in [5.74, 6) is 0.474. The lowest BCUT2D eigenvalue weighted by molar-refractivity contribution is -0.385. The number of benzene rings is 2. The Morgan fingerprint density at radius 1 is 1.17 bits per heavy atom. The van der Waals surface area contributed by atoms with E-state index in [0.29, 0.717) is 21.5 Å². The number of ether oxygens (including phenoxy) is 2. The van der Waals surface area contributed by atoms with Crippen LogP contribution in [0.25, 0.3) is 6.08 Å². The molecular weight excluding hydrogens is 464 g/mol. The average Bonchev–Trinajstić information content (AvgIpc) is 2.96. The van der Waals surface area contributed by atoms with Crippen molar-refractivity contribution in [3.8, 4) is 11.5 Å². The topological polar surface area (TPSA) is 99.0 Å². The summed E-state index contributed by atoms with van der Waals surface area (Å²) in [6.45, 7) is -0.174. The van der Waals surface area contributed by atoms with E-state index in [1.807, 2.05) is 0 Å². The van der Waals surface area contributed by atoms with Crippen LogP contribution in [-0.2, 0) is 11.3 Å². The number of carbonyl (C=O) groups is 2.